The Balaban J connectivity index is 2.16. The minimum atomic E-state index is -1.51. The van der Waals surface area contributed by atoms with Crippen molar-refractivity contribution in [3.05, 3.63) is 29.3 Å². The van der Waals surface area contributed by atoms with Gasteiger partial charge < -0.3 is 38.3 Å². The summed E-state index contributed by atoms with van der Waals surface area (Å²) in [6.07, 6.45) is -2.53. The molecule has 0 saturated carbocycles. The summed E-state index contributed by atoms with van der Waals surface area (Å²) in [6.45, 7) is 0. The van der Waals surface area contributed by atoms with Crippen molar-refractivity contribution in [3.8, 4) is 40.2 Å². The molecule has 2 aromatic rings. The van der Waals surface area contributed by atoms with Gasteiger partial charge in [0.05, 0.1) is 42.7 Å². The van der Waals surface area contributed by atoms with Gasteiger partial charge in [0.2, 0.25) is 17.3 Å². The number of hydrogen-bond acceptors (Lipinski definition) is 9. The summed E-state index contributed by atoms with van der Waals surface area (Å²) in [6, 6.07) is 4.75. The number of aliphatic hydroxyl groups is 1. The Labute approximate surface area is 174 Å². The number of fused-ring (bicyclic) bond motifs is 1. The molecule has 0 radical (unpaired) electrons. The fraction of sp³-hybridized carbons (Fsp3) is 0.381. The predicted molar refractivity (Wildman–Crippen MR) is 106 cm³/mol. The minimum Gasteiger partial charge on any atom is -0.493 e. The van der Waals surface area contributed by atoms with Crippen LogP contribution in [0.1, 0.15) is 22.0 Å². The number of Topliss-reactive ketones (excluding diaryl/α,β-unsaturated/α-hetero) is 1. The molecule has 0 spiro atoms. The summed E-state index contributed by atoms with van der Waals surface area (Å²) in [5.41, 5.74) is 0.538. The Morgan fingerprint density at radius 3 is 1.70 bits per heavy atom. The molecule has 162 valence electrons. The van der Waals surface area contributed by atoms with Crippen LogP contribution in [0.15, 0.2) is 18.2 Å². The van der Waals surface area contributed by atoms with E-state index in [1.54, 1.807) is 12.1 Å². The van der Waals surface area contributed by atoms with Gasteiger partial charge in [-0.25, -0.2) is 0 Å². The molecule has 0 aliphatic carbocycles. The van der Waals surface area contributed by atoms with Gasteiger partial charge in [-0.3, -0.25) is 4.79 Å². The molecule has 1 heterocycles. The lowest BCUT2D eigenvalue weighted by molar-refractivity contribution is 0.0207. The Morgan fingerprint density at radius 1 is 0.733 bits per heavy atom. The highest BCUT2D eigenvalue weighted by molar-refractivity contribution is 6.06. The maximum atomic E-state index is 13.1. The lowest BCUT2D eigenvalue weighted by Gasteiger charge is -2.32. The van der Waals surface area contributed by atoms with Crippen LogP contribution in [-0.4, -0.2) is 59.7 Å². The number of hydrogen-bond donors (Lipinski definition) is 1. The summed E-state index contributed by atoms with van der Waals surface area (Å²) < 4.78 is 38.1. The van der Waals surface area contributed by atoms with Gasteiger partial charge in [-0.05, 0) is 12.1 Å². The summed E-state index contributed by atoms with van der Waals surface area (Å²) >= 11 is 0. The van der Waals surface area contributed by atoms with Gasteiger partial charge in [0.1, 0.15) is 11.3 Å². The SMILES string of the molecule is COc1cc([C@@H]2Oc3cc(OC)c(OC)c(OC)c3C(=O)[C@@H]2O)cc(OC)c1OC. The molecule has 1 aliphatic heterocycles. The standard InChI is InChI=1S/C21H24O9/c1-24-12-7-10(8-13(25-2)19(12)27-4)18-17(23)16(22)15-11(30-18)9-14(26-3)20(28-5)21(15)29-6/h7-9,17-18,23H,1-6H3/t17-,18-/m0/s1. The highest BCUT2D eigenvalue weighted by Crippen LogP contribution is 2.50. The van der Waals surface area contributed by atoms with Crippen LogP contribution < -0.4 is 33.2 Å². The van der Waals surface area contributed by atoms with E-state index in [0.717, 1.165) is 0 Å². The average Bonchev–Trinajstić information content (AvgIpc) is 2.78. The molecule has 3 rings (SSSR count). The molecule has 0 fully saturated rings. The molecule has 30 heavy (non-hydrogen) atoms. The van der Waals surface area contributed by atoms with Crippen molar-refractivity contribution in [2.45, 2.75) is 12.2 Å². The quantitative estimate of drug-likeness (QED) is 0.723. The van der Waals surface area contributed by atoms with Gasteiger partial charge in [0.15, 0.2) is 35.2 Å². The predicted octanol–water partition coefficient (Wildman–Crippen LogP) is 2.42. The van der Waals surface area contributed by atoms with Crippen molar-refractivity contribution in [3.63, 3.8) is 0 Å². The van der Waals surface area contributed by atoms with Crippen LogP contribution in [-0.2, 0) is 0 Å². The van der Waals surface area contributed by atoms with Crippen LogP contribution >= 0.6 is 0 Å². The first-order valence-electron chi connectivity index (χ1n) is 8.97. The van der Waals surface area contributed by atoms with Crippen molar-refractivity contribution in [2.24, 2.45) is 0 Å². The second-order valence-corrected chi connectivity index (χ2v) is 6.32. The number of carbonyl (C=O) groups excluding carboxylic acids is 1. The molecule has 9 heteroatoms. The molecule has 2 aromatic carbocycles. The van der Waals surface area contributed by atoms with Gasteiger partial charge in [-0.2, -0.15) is 0 Å². The topological polar surface area (TPSA) is 102 Å². The van der Waals surface area contributed by atoms with E-state index in [2.05, 4.69) is 0 Å². The first-order chi connectivity index (χ1) is 14.4. The zero-order valence-corrected chi connectivity index (χ0v) is 17.6. The second-order valence-electron chi connectivity index (χ2n) is 6.32. The van der Waals surface area contributed by atoms with E-state index in [1.165, 1.54) is 48.7 Å². The van der Waals surface area contributed by atoms with Gasteiger partial charge >= 0.3 is 0 Å². The highest BCUT2D eigenvalue weighted by Gasteiger charge is 2.41. The fourth-order valence-electron chi connectivity index (χ4n) is 3.46. The van der Waals surface area contributed by atoms with E-state index in [-0.39, 0.29) is 22.8 Å². The van der Waals surface area contributed by atoms with Gasteiger partial charge in [-0.1, -0.05) is 0 Å². The van der Waals surface area contributed by atoms with Crippen LogP contribution in [0.2, 0.25) is 0 Å². The molecule has 0 aromatic heterocycles. The zero-order chi connectivity index (χ0) is 22.0. The Bertz CT molecular complexity index is 929. The van der Waals surface area contributed by atoms with Crippen LogP contribution in [0.5, 0.6) is 40.2 Å². The van der Waals surface area contributed by atoms with Gasteiger partial charge in [0.25, 0.3) is 0 Å². The first kappa shape index (κ1) is 21.4. The molecular weight excluding hydrogens is 396 g/mol. The van der Waals surface area contributed by atoms with Gasteiger partial charge in [-0.15, -0.1) is 0 Å². The number of carbonyl (C=O) groups is 1. The Kier molecular flexibility index (Phi) is 6.12. The number of aliphatic hydroxyl groups excluding tert-OH is 1. The van der Waals surface area contributed by atoms with E-state index in [0.29, 0.717) is 28.6 Å². The maximum absolute atomic E-state index is 13.1. The second kappa shape index (κ2) is 8.58. The third-order valence-electron chi connectivity index (χ3n) is 4.87. The molecular formula is C21H24O9. The van der Waals surface area contributed by atoms with E-state index in [4.69, 9.17) is 33.2 Å². The smallest absolute Gasteiger partial charge is 0.204 e. The van der Waals surface area contributed by atoms with Crippen molar-refractivity contribution < 1.29 is 43.1 Å². The van der Waals surface area contributed by atoms with Crippen LogP contribution in [0.3, 0.4) is 0 Å². The normalized spacial score (nSPS) is 17.5. The molecule has 2 atom stereocenters. The van der Waals surface area contributed by atoms with E-state index >= 15 is 0 Å². The maximum Gasteiger partial charge on any atom is 0.204 e. The average molecular weight is 420 g/mol. The highest BCUT2D eigenvalue weighted by atomic mass is 16.5. The molecule has 0 bridgehead atoms. The van der Waals surface area contributed by atoms with E-state index in [9.17, 15) is 9.90 Å². The summed E-state index contributed by atoms with van der Waals surface area (Å²) in [4.78, 5) is 13.1. The van der Waals surface area contributed by atoms with Crippen LogP contribution in [0, 0.1) is 0 Å². The summed E-state index contributed by atoms with van der Waals surface area (Å²) in [5, 5.41) is 10.8. The number of rotatable bonds is 7. The minimum absolute atomic E-state index is 0.0753. The third-order valence-corrected chi connectivity index (χ3v) is 4.87. The van der Waals surface area contributed by atoms with Crippen LogP contribution in [0.4, 0.5) is 0 Å². The number of methoxy groups -OCH3 is 6. The van der Waals surface area contributed by atoms with Crippen molar-refractivity contribution in [1.82, 2.24) is 0 Å². The monoisotopic (exact) mass is 420 g/mol. The molecule has 1 N–H and O–H groups in total. The van der Waals surface area contributed by atoms with Crippen LogP contribution in [0.25, 0.3) is 0 Å². The van der Waals surface area contributed by atoms with Crippen molar-refractivity contribution in [1.29, 1.82) is 0 Å². The summed E-state index contributed by atoms with van der Waals surface area (Å²) in [7, 11) is 8.71. The van der Waals surface area contributed by atoms with Crippen molar-refractivity contribution >= 4 is 5.78 Å². The largest absolute Gasteiger partial charge is 0.493 e. The third kappa shape index (κ3) is 3.30. The number of ketones is 1. The molecule has 0 saturated heterocycles. The molecule has 0 amide bonds. The molecule has 9 nitrogen and oxygen atoms in total. The van der Waals surface area contributed by atoms with E-state index in [1.807, 2.05) is 0 Å². The Hall–Kier alpha value is -3.33. The molecule has 0 unspecified atom stereocenters. The summed E-state index contributed by atoms with van der Waals surface area (Å²) in [5.74, 6) is 1.41. The molecule has 1 aliphatic rings. The zero-order valence-electron chi connectivity index (χ0n) is 17.6. The van der Waals surface area contributed by atoms with Gasteiger partial charge in [0, 0.05) is 11.6 Å². The Morgan fingerprint density at radius 2 is 1.23 bits per heavy atom. The lowest BCUT2D eigenvalue weighted by Crippen LogP contribution is -2.36. The fourth-order valence-corrected chi connectivity index (χ4v) is 3.46. The number of ether oxygens (including phenoxy) is 7. The number of benzene rings is 2. The lowest BCUT2D eigenvalue weighted by atomic mass is 9.92. The van der Waals surface area contributed by atoms with E-state index < -0.39 is 18.0 Å². The van der Waals surface area contributed by atoms with Crippen molar-refractivity contribution in [2.75, 3.05) is 42.7 Å². The first-order valence-corrected chi connectivity index (χ1v) is 8.97.